The molecule has 1 amide bonds. The number of nitrogens with one attached hydrogen (secondary N) is 1. The first-order valence-electron chi connectivity index (χ1n) is 8.52. The maximum absolute atomic E-state index is 12.9. The first-order chi connectivity index (χ1) is 13.7. The summed E-state index contributed by atoms with van der Waals surface area (Å²) < 4.78 is 2.03. The molecule has 0 radical (unpaired) electrons. The standard InChI is InChI=1S/C19H15N5O2S2/c1-2-27-19-22-21-18(28-19)20-16(25)15-13-10-6-7-11-14(13)17(26)24(23-15)12-8-4-3-5-9-12/h3-11H,2H2,1H3,(H,20,21,25). The largest absolute Gasteiger partial charge is 0.295 e. The minimum absolute atomic E-state index is 0.152. The number of rotatable bonds is 5. The van der Waals surface area contributed by atoms with E-state index >= 15 is 0 Å². The SMILES string of the molecule is CCSc1nnc(NC(=O)c2nn(-c3ccccc3)c(=O)c3ccccc23)s1. The molecule has 0 unspecified atom stereocenters. The van der Waals surface area contributed by atoms with Crippen LogP contribution in [0.4, 0.5) is 5.13 Å². The highest BCUT2D eigenvalue weighted by Crippen LogP contribution is 2.25. The molecule has 0 aliphatic rings. The Labute approximate surface area is 168 Å². The molecule has 4 rings (SSSR count). The zero-order chi connectivity index (χ0) is 19.5. The molecule has 2 aromatic carbocycles. The summed E-state index contributed by atoms with van der Waals surface area (Å²) in [6, 6.07) is 16.0. The second kappa shape index (κ2) is 7.91. The lowest BCUT2D eigenvalue weighted by Gasteiger charge is -2.10. The van der Waals surface area contributed by atoms with E-state index in [4.69, 9.17) is 0 Å². The van der Waals surface area contributed by atoms with Crippen molar-refractivity contribution in [2.45, 2.75) is 11.3 Å². The molecule has 2 heterocycles. The van der Waals surface area contributed by atoms with E-state index in [9.17, 15) is 9.59 Å². The average Bonchev–Trinajstić information content (AvgIpc) is 3.16. The van der Waals surface area contributed by atoms with Gasteiger partial charge in [-0.15, -0.1) is 10.2 Å². The van der Waals surface area contributed by atoms with E-state index in [0.29, 0.717) is 21.6 Å². The number of amides is 1. The van der Waals surface area contributed by atoms with Crippen molar-refractivity contribution in [1.82, 2.24) is 20.0 Å². The highest BCUT2D eigenvalue weighted by Gasteiger charge is 2.19. The molecule has 7 nitrogen and oxygen atoms in total. The Hall–Kier alpha value is -3.04. The molecule has 0 saturated heterocycles. The second-order valence-electron chi connectivity index (χ2n) is 5.71. The smallest absolute Gasteiger partial charge is 0.279 e. The number of nitrogens with zero attached hydrogens (tertiary/aromatic N) is 4. The van der Waals surface area contributed by atoms with Crippen LogP contribution in [0.2, 0.25) is 0 Å². The summed E-state index contributed by atoms with van der Waals surface area (Å²) in [4.78, 5) is 25.8. The predicted octanol–water partition coefficient (Wildman–Crippen LogP) is 3.60. The summed E-state index contributed by atoms with van der Waals surface area (Å²) in [5, 5.41) is 16.4. The summed E-state index contributed by atoms with van der Waals surface area (Å²) in [6.07, 6.45) is 0. The summed E-state index contributed by atoms with van der Waals surface area (Å²) in [6.45, 7) is 2.02. The number of carbonyl (C=O) groups excluding carboxylic acids is 1. The van der Waals surface area contributed by atoms with Crippen molar-refractivity contribution in [3.63, 3.8) is 0 Å². The van der Waals surface area contributed by atoms with Gasteiger partial charge in [-0.25, -0.2) is 0 Å². The van der Waals surface area contributed by atoms with Gasteiger partial charge in [0, 0.05) is 5.39 Å². The van der Waals surface area contributed by atoms with Crippen molar-refractivity contribution in [1.29, 1.82) is 0 Å². The van der Waals surface area contributed by atoms with E-state index < -0.39 is 5.91 Å². The Morgan fingerprint density at radius 3 is 2.54 bits per heavy atom. The highest BCUT2D eigenvalue weighted by molar-refractivity contribution is 8.01. The molecular formula is C19H15N5O2S2. The van der Waals surface area contributed by atoms with Crippen molar-refractivity contribution < 1.29 is 4.79 Å². The lowest BCUT2D eigenvalue weighted by atomic mass is 10.1. The molecule has 0 aliphatic heterocycles. The maximum Gasteiger partial charge on any atom is 0.279 e. The van der Waals surface area contributed by atoms with E-state index in [1.807, 2.05) is 25.1 Å². The molecule has 140 valence electrons. The quantitative estimate of drug-likeness (QED) is 0.400. The Balaban J connectivity index is 1.80. The van der Waals surface area contributed by atoms with E-state index in [-0.39, 0.29) is 11.3 Å². The summed E-state index contributed by atoms with van der Waals surface area (Å²) in [5.41, 5.74) is 0.458. The van der Waals surface area contributed by atoms with E-state index in [1.54, 1.807) is 48.2 Å². The molecule has 0 saturated carbocycles. The lowest BCUT2D eigenvalue weighted by molar-refractivity contribution is 0.102. The monoisotopic (exact) mass is 409 g/mol. The molecule has 0 bridgehead atoms. The van der Waals surface area contributed by atoms with E-state index in [2.05, 4.69) is 20.6 Å². The fraction of sp³-hybridized carbons (Fsp3) is 0.105. The molecule has 4 aromatic rings. The molecule has 9 heteroatoms. The maximum atomic E-state index is 12.9. The van der Waals surface area contributed by atoms with Gasteiger partial charge in [-0.1, -0.05) is 66.4 Å². The van der Waals surface area contributed by atoms with Crippen molar-refractivity contribution >= 4 is 44.9 Å². The number of hydrogen-bond acceptors (Lipinski definition) is 7. The van der Waals surface area contributed by atoms with Gasteiger partial charge < -0.3 is 0 Å². The van der Waals surface area contributed by atoms with Crippen LogP contribution in [-0.2, 0) is 0 Å². The molecule has 0 fully saturated rings. The van der Waals surface area contributed by atoms with Crippen LogP contribution in [-0.4, -0.2) is 31.6 Å². The predicted molar refractivity (Wildman–Crippen MR) is 112 cm³/mol. The molecule has 2 aromatic heterocycles. The minimum atomic E-state index is -0.440. The topological polar surface area (TPSA) is 89.8 Å². The number of benzene rings is 2. The van der Waals surface area contributed by atoms with Crippen LogP contribution in [0.3, 0.4) is 0 Å². The third-order valence-corrected chi connectivity index (χ3v) is 5.77. The summed E-state index contributed by atoms with van der Waals surface area (Å²) >= 11 is 2.86. The van der Waals surface area contributed by atoms with Gasteiger partial charge in [-0.05, 0) is 24.0 Å². The Kier molecular flexibility index (Phi) is 5.18. The first-order valence-corrected chi connectivity index (χ1v) is 10.3. The van der Waals surface area contributed by atoms with Crippen LogP contribution in [0.1, 0.15) is 17.4 Å². The van der Waals surface area contributed by atoms with Crippen molar-refractivity contribution in [2.24, 2.45) is 0 Å². The Morgan fingerprint density at radius 2 is 1.79 bits per heavy atom. The van der Waals surface area contributed by atoms with Crippen molar-refractivity contribution in [3.05, 3.63) is 70.6 Å². The van der Waals surface area contributed by atoms with Crippen LogP contribution in [0.25, 0.3) is 16.5 Å². The van der Waals surface area contributed by atoms with E-state index in [0.717, 1.165) is 10.1 Å². The Morgan fingerprint density at radius 1 is 1.07 bits per heavy atom. The second-order valence-corrected chi connectivity index (χ2v) is 8.20. The number of thioether (sulfide) groups is 1. The van der Waals surface area contributed by atoms with Crippen molar-refractivity contribution in [3.8, 4) is 5.69 Å². The summed E-state index contributed by atoms with van der Waals surface area (Å²) in [5.74, 6) is 0.432. The third kappa shape index (κ3) is 3.54. The van der Waals surface area contributed by atoms with Gasteiger partial charge in [0.1, 0.15) is 0 Å². The first kappa shape index (κ1) is 18.3. The van der Waals surface area contributed by atoms with Crippen LogP contribution < -0.4 is 10.9 Å². The lowest BCUT2D eigenvalue weighted by Crippen LogP contribution is -2.26. The number of aromatic nitrogens is 4. The zero-order valence-electron chi connectivity index (χ0n) is 14.8. The number of fused-ring (bicyclic) bond motifs is 1. The van der Waals surface area contributed by atoms with Gasteiger partial charge in [0.05, 0.1) is 11.1 Å². The molecular weight excluding hydrogens is 394 g/mol. The van der Waals surface area contributed by atoms with Gasteiger partial charge in [-0.2, -0.15) is 9.78 Å². The molecule has 1 N–H and O–H groups in total. The van der Waals surface area contributed by atoms with Crippen LogP contribution in [0.5, 0.6) is 0 Å². The summed E-state index contributed by atoms with van der Waals surface area (Å²) in [7, 11) is 0. The average molecular weight is 409 g/mol. The van der Waals surface area contributed by atoms with Gasteiger partial charge in [0.15, 0.2) is 10.0 Å². The zero-order valence-corrected chi connectivity index (χ0v) is 16.5. The van der Waals surface area contributed by atoms with Crippen LogP contribution in [0, 0.1) is 0 Å². The van der Waals surface area contributed by atoms with Gasteiger partial charge >= 0.3 is 0 Å². The van der Waals surface area contributed by atoms with Crippen LogP contribution >= 0.6 is 23.1 Å². The number of hydrogen-bond donors (Lipinski definition) is 1. The van der Waals surface area contributed by atoms with Crippen molar-refractivity contribution in [2.75, 3.05) is 11.1 Å². The van der Waals surface area contributed by atoms with Gasteiger partial charge in [-0.3, -0.25) is 14.9 Å². The van der Waals surface area contributed by atoms with Gasteiger partial charge in [0.2, 0.25) is 5.13 Å². The highest BCUT2D eigenvalue weighted by atomic mass is 32.2. The molecule has 0 aliphatic carbocycles. The Bertz CT molecular complexity index is 1200. The molecule has 0 spiro atoms. The van der Waals surface area contributed by atoms with E-state index in [1.165, 1.54) is 16.0 Å². The number of carbonyl (C=O) groups is 1. The van der Waals surface area contributed by atoms with Crippen LogP contribution in [0.15, 0.2) is 63.7 Å². The minimum Gasteiger partial charge on any atom is -0.295 e. The fourth-order valence-electron chi connectivity index (χ4n) is 2.70. The molecule has 0 atom stereocenters. The third-order valence-electron chi connectivity index (χ3n) is 3.92. The normalized spacial score (nSPS) is 10.9. The number of anilines is 1. The molecule has 28 heavy (non-hydrogen) atoms. The van der Waals surface area contributed by atoms with Gasteiger partial charge in [0.25, 0.3) is 11.5 Å². The fourth-order valence-corrected chi connectivity index (χ4v) is 4.34. The number of para-hydroxylation sites is 1.